The normalized spacial score (nSPS) is 12.8. The Kier molecular flexibility index (Phi) is 20.4. The van der Waals surface area contributed by atoms with Gasteiger partial charge in [0.2, 0.25) is 23.6 Å². The molecule has 0 bridgehead atoms. The summed E-state index contributed by atoms with van der Waals surface area (Å²) < 4.78 is 32.1. The lowest BCUT2D eigenvalue weighted by molar-refractivity contribution is -0.169. The van der Waals surface area contributed by atoms with E-state index < -0.39 is 36.0 Å². The average molecular weight is 669 g/mol. The van der Waals surface area contributed by atoms with Crippen LogP contribution in [-0.4, -0.2) is 54.3 Å². The van der Waals surface area contributed by atoms with E-state index in [4.69, 9.17) is 22.0 Å². The molecule has 3 unspecified atom stereocenters. The largest absolute Gasteiger partial charge is 0.470 e. The Morgan fingerprint density at radius 1 is 0.787 bits per heavy atom. The molecule has 0 radical (unpaired) electrons. The third kappa shape index (κ3) is 19.2. The van der Waals surface area contributed by atoms with E-state index in [9.17, 15) is 32.3 Å². The summed E-state index contributed by atoms with van der Waals surface area (Å²) in [5, 5.41) is 7.79. The van der Waals surface area contributed by atoms with Gasteiger partial charge in [-0.2, -0.15) is 13.2 Å². The molecule has 2 aromatic carbocycles. The van der Waals surface area contributed by atoms with Gasteiger partial charge in [0.05, 0.1) is 0 Å². The molecule has 0 fully saturated rings. The number of carbonyl (C=O) groups excluding carboxylic acids is 5. The first kappa shape index (κ1) is 42.8. The minimum atomic E-state index is -4.86. The smallest absolute Gasteiger partial charge is 0.368 e. The molecule has 0 heterocycles. The van der Waals surface area contributed by atoms with Gasteiger partial charge in [0.25, 0.3) is 0 Å². The number of primary amides is 3. The number of hydrogen-bond donors (Lipinski definition) is 6. The minimum Gasteiger partial charge on any atom is -0.368 e. The first-order valence-electron chi connectivity index (χ1n) is 15.6. The summed E-state index contributed by atoms with van der Waals surface area (Å²) in [7, 11) is 0. The molecule has 0 saturated heterocycles. The first-order valence-corrected chi connectivity index (χ1v) is 15.6. The molecule has 0 aliphatic carbocycles. The van der Waals surface area contributed by atoms with Crippen LogP contribution in [0.3, 0.4) is 0 Å². The van der Waals surface area contributed by atoms with Crippen LogP contribution in [0.1, 0.15) is 78.2 Å². The van der Waals surface area contributed by atoms with Gasteiger partial charge >= 0.3 is 12.1 Å². The molecule has 0 spiro atoms. The highest BCUT2D eigenvalue weighted by Gasteiger charge is 2.35. The lowest BCUT2D eigenvalue weighted by Crippen LogP contribution is -2.48. The Morgan fingerprint density at radius 3 is 1.85 bits per heavy atom. The molecule has 0 saturated carbocycles. The third-order valence-corrected chi connectivity index (χ3v) is 7.06. The van der Waals surface area contributed by atoms with Gasteiger partial charge < -0.3 is 33.6 Å². The summed E-state index contributed by atoms with van der Waals surface area (Å²) in [5.74, 6) is -3.07. The number of benzene rings is 2. The van der Waals surface area contributed by atoms with Crippen molar-refractivity contribution in [3.8, 4) is 0 Å². The van der Waals surface area contributed by atoms with Crippen LogP contribution in [0, 0.1) is 11.8 Å². The van der Waals surface area contributed by atoms with E-state index in [1.165, 1.54) is 10.8 Å². The van der Waals surface area contributed by atoms with Gasteiger partial charge in [-0.15, -0.1) is 0 Å². The van der Waals surface area contributed by atoms with Crippen molar-refractivity contribution in [2.45, 2.75) is 97.3 Å². The van der Waals surface area contributed by atoms with Gasteiger partial charge in [-0.3, -0.25) is 24.0 Å². The highest BCUT2D eigenvalue weighted by Crippen LogP contribution is 2.17. The number of amides is 5. The van der Waals surface area contributed by atoms with E-state index in [0.717, 1.165) is 31.2 Å². The molecule has 10 N–H and O–H groups in total. The first-order chi connectivity index (χ1) is 21.9. The van der Waals surface area contributed by atoms with Crippen molar-refractivity contribution in [3.05, 3.63) is 48.0 Å². The number of rotatable bonds is 16. The third-order valence-electron chi connectivity index (χ3n) is 7.06. The van der Waals surface area contributed by atoms with Crippen LogP contribution in [0.2, 0.25) is 0 Å². The van der Waals surface area contributed by atoms with Gasteiger partial charge in [-0.25, -0.2) is 0 Å². The van der Waals surface area contributed by atoms with E-state index in [0.29, 0.717) is 38.1 Å². The summed E-state index contributed by atoms with van der Waals surface area (Å²) in [6.45, 7) is 8.52. The number of carbonyl (C=O) groups is 5. The molecule has 0 aliphatic rings. The van der Waals surface area contributed by atoms with Crippen LogP contribution >= 0.6 is 0 Å². The molecule has 0 aromatic heterocycles. The fourth-order valence-corrected chi connectivity index (χ4v) is 4.22. The molecule has 2 rings (SSSR count). The Bertz CT molecular complexity index is 1290. The number of aryl methyl sites for hydroxylation is 1. The van der Waals surface area contributed by atoms with Crippen LogP contribution in [-0.2, 0) is 30.4 Å². The van der Waals surface area contributed by atoms with Crippen molar-refractivity contribution < 1.29 is 37.1 Å². The topological polar surface area (TPSA) is 213 Å². The zero-order valence-electron chi connectivity index (χ0n) is 27.7. The van der Waals surface area contributed by atoms with Crippen molar-refractivity contribution in [2.24, 2.45) is 34.8 Å². The summed E-state index contributed by atoms with van der Waals surface area (Å²) in [4.78, 5) is 55.4. The molecule has 3 atom stereocenters. The summed E-state index contributed by atoms with van der Waals surface area (Å²) in [5.41, 5.74) is 20.9. The molecular formula is C33H51F3N6O5. The molecule has 47 heavy (non-hydrogen) atoms. The SMILES string of the molecule is CC(C)CC(NC(=O)CCCCCN)C(N)=O.CCC(C)C(NC(=O)CCc1ccc2ccccc2c1)C(N)=O.NC(=O)C(F)(F)F. The maximum atomic E-state index is 12.1. The van der Waals surface area contributed by atoms with Gasteiger partial charge in [0.15, 0.2) is 0 Å². The van der Waals surface area contributed by atoms with Crippen molar-refractivity contribution in [2.75, 3.05) is 6.54 Å². The molecule has 264 valence electrons. The fourth-order valence-electron chi connectivity index (χ4n) is 4.22. The van der Waals surface area contributed by atoms with E-state index in [2.05, 4.69) is 40.6 Å². The zero-order chi connectivity index (χ0) is 36.2. The number of fused-ring (bicyclic) bond motifs is 1. The molecule has 2 aromatic rings. The van der Waals surface area contributed by atoms with Crippen LogP contribution in [0.25, 0.3) is 10.8 Å². The Morgan fingerprint density at radius 2 is 1.36 bits per heavy atom. The lowest BCUT2D eigenvalue weighted by atomic mass is 9.98. The van der Waals surface area contributed by atoms with Crippen molar-refractivity contribution >= 4 is 40.3 Å². The summed E-state index contributed by atoms with van der Waals surface area (Å²) in [6.07, 6.45) is 0.607. The maximum absolute atomic E-state index is 12.1. The average Bonchev–Trinajstić information content (AvgIpc) is 3.00. The highest BCUT2D eigenvalue weighted by molar-refractivity contribution is 5.87. The summed E-state index contributed by atoms with van der Waals surface area (Å²) in [6, 6.07) is 13.2. The van der Waals surface area contributed by atoms with Crippen molar-refractivity contribution in [1.29, 1.82) is 0 Å². The lowest BCUT2D eigenvalue weighted by Gasteiger charge is -2.21. The number of halogens is 3. The van der Waals surface area contributed by atoms with E-state index in [-0.39, 0.29) is 17.7 Å². The van der Waals surface area contributed by atoms with Crippen LogP contribution in [0.15, 0.2) is 42.5 Å². The second kappa shape index (κ2) is 22.3. The summed E-state index contributed by atoms with van der Waals surface area (Å²) >= 11 is 0. The van der Waals surface area contributed by atoms with Crippen LogP contribution in [0.4, 0.5) is 13.2 Å². The molecule has 11 nitrogen and oxygen atoms in total. The molecule has 14 heteroatoms. The second-order valence-electron chi connectivity index (χ2n) is 11.6. The monoisotopic (exact) mass is 668 g/mol. The van der Waals surface area contributed by atoms with Gasteiger partial charge in [-0.1, -0.05) is 83.0 Å². The van der Waals surface area contributed by atoms with Crippen LogP contribution in [0.5, 0.6) is 0 Å². The van der Waals surface area contributed by atoms with Gasteiger partial charge in [0.1, 0.15) is 12.1 Å². The Hall–Kier alpha value is -4.20. The number of nitrogens with two attached hydrogens (primary N) is 4. The Labute approximate surface area is 274 Å². The highest BCUT2D eigenvalue weighted by atomic mass is 19.4. The number of nitrogens with one attached hydrogen (secondary N) is 2. The van der Waals surface area contributed by atoms with Crippen molar-refractivity contribution in [1.82, 2.24) is 10.6 Å². The van der Waals surface area contributed by atoms with Crippen molar-refractivity contribution in [3.63, 3.8) is 0 Å². The number of hydrogen-bond acceptors (Lipinski definition) is 6. The predicted octanol–water partition coefficient (Wildman–Crippen LogP) is 3.34. The second-order valence-corrected chi connectivity index (χ2v) is 11.6. The molecule has 5 amide bonds. The van der Waals surface area contributed by atoms with E-state index in [1.54, 1.807) is 0 Å². The quantitative estimate of drug-likeness (QED) is 0.148. The predicted molar refractivity (Wildman–Crippen MR) is 176 cm³/mol. The molecule has 0 aliphatic heterocycles. The van der Waals surface area contributed by atoms with E-state index >= 15 is 0 Å². The van der Waals surface area contributed by atoms with E-state index in [1.807, 2.05) is 45.9 Å². The number of unbranched alkanes of at least 4 members (excludes halogenated alkanes) is 2. The van der Waals surface area contributed by atoms with Crippen LogP contribution < -0.4 is 33.6 Å². The maximum Gasteiger partial charge on any atom is 0.470 e. The molecular weight excluding hydrogens is 617 g/mol. The standard InChI is InChI=1S/C19H24N2O2.C12H25N3O2.C2H2F3NO/c1-3-13(2)18(19(20)23)21-17(22)11-9-14-8-10-15-6-4-5-7-16(15)12-14;1-9(2)8-10(12(14)17)15-11(16)6-4-3-5-7-13;3-2(4,5)1(6)7/h4-8,10,12-13,18H,3,9,11H2,1-2H3,(H2,20,23)(H,21,22);9-10H,3-8,13H2,1-2H3,(H2,14,17)(H,15,16);(H2,6,7). The fraction of sp³-hybridized carbons (Fsp3) is 0.545. The van der Waals surface area contributed by atoms with Gasteiger partial charge in [-0.05, 0) is 60.4 Å². The minimum absolute atomic E-state index is 0.0390. The zero-order valence-corrected chi connectivity index (χ0v) is 27.7. The number of alkyl halides is 3. The Balaban J connectivity index is 0.000000774. The van der Waals surface area contributed by atoms with Gasteiger partial charge in [0, 0.05) is 12.8 Å².